The fraction of sp³-hybridized carbons (Fsp3) is 0.174. The number of aromatic nitrogens is 3. The lowest BCUT2D eigenvalue weighted by Gasteiger charge is -2.12. The summed E-state index contributed by atoms with van der Waals surface area (Å²) >= 11 is 0. The van der Waals surface area contributed by atoms with Crippen molar-refractivity contribution in [2.75, 3.05) is 11.9 Å². The van der Waals surface area contributed by atoms with Gasteiger partial charge in [-0.05, 0) is 61.2 Å². The minimum absolute atomic E-state index is 0.0358. The van der Waals surface area contributed by atoms with E-state index in [0.29, 0.717) is 11.5 Å². The van der Waals surface area contributed by atoms with Crippen LogP contribution in [0.5, 0.6) is 0 Å². The number of anilines is 2. The van der Waals surface area contributed by atoms with Crippen LogP contribution in [0.1, 0.15) is 23.2 Å². The second kappa shape index (κ2) is 7.51. The van der Waals surface area contributed by atoms with E-state index in [4.69, 9.17) is 0 Å². The number of carbonyl (C=O) groups is 1. The van der Waals surface area contributed by atoms with Crippen molar-refractivity contribution in [2.24, 2.45) is 5.92 Å². The third-order valence-electron chi connectivity index (χ3n) is 5.29. The molecule has 1 aromatic carbocycles. The van der Waals surface area contributed by atoms with Gasteiger partial charge in [0.15, 0.2) is 5.65 Å². The molecule has 3 heterocycles. The van der Waals surface area contributed by atoms with Crippen LogP contribution in [0.3, 0.4) is 0 Å². The maximum Gasteiger partial charge on any atom is 0.251 e. The third-order valence-corrected chi connectivity index (χ3v) is 5.29. The minimum Gasteiger partial charge on any atom is -0.352 e. The fourth-order valence-corrected chi connectivity index (χ4v) is 3.47. The molecule has 0 saturated heterocycles. The van der Waals surface area contributed by atoms with Gasteiger partial charge in [-0.1, -0.05) is 0 Å². The number of amides is 1. The van der Waals surface area contributed by atoms with Crippen LogP contribution in [-0.2, 0) is 0 Å². The zero-order valence-corrected chi connectivity index (χ0v) is 16.3. The molecule has 1 saturated carbocycles. The van der Waals surface area contributed by atoms with Crippen molar-refractivity contribution in [3.63, 3.8) is 0 Å². The number of nitrogens with one attached hydrogen (secondary N) is 3. The van der Waals surface area contributed by atoms with Gasteiger partial charge in [0.1, 0.15) is 0 Å². The minimum atomic E-state index is -0.149. The Morgan fingerprint density at radius 1 is 1.13 bits per heavy atom. The van der Waals surface area contributed by atoms with Gasteiger partial charge in [-0.3, -0.25) is 14.0 Å². The first kappa shape index (κ1) is 18.2. The van der Waals surface area contributed by atoms with E-state index < -0.39 is 0 Å². The Bertz CT molecular complexity index is 1270. The number of rotatable bonds is 6. The number of imidazole rings is 1. The van der Waals surface area contributed by atoms with E-state index >= 15 is 0 Å². The fourth-order valence-electron chi connectivity index (χ4n) is 3.47. The molecule has 7 nitrogen and oxygen atoms in total. The predicted molar refractivity (Wildman–Crippen MR) is 116 cm³/mol. The monoisotopic (exact) mass is 399 g/mol. The van der Waals surface area contributed by atoms with E-state index in [9.17, 15) is 9.59 Å². The van der Waals surface area contributed by atoms with E-state index in [1.54, 1.807) is 18.5 Å². The lowest BCUT2D eigenvalue weighted by atomic mass is 10.1. The Hall–Kier alpha value is -3.87. The van der Waals surface area contributed by atoms with Crippen LogP contribution in [0.25, 0.3) is 16.9 Å². The number of H-pyrrole nitrogens is 1. The molecule has 5 rings (SSSR count). The topological polar surface area (TPSA) is 91.3 Å². The third kappa shape index (κ3) is 3.69. The summed E-state index contributed by atoms with van der Waals surface area (Å²) in [6.07, 6.45) is 7.65. The summed E-state index contributed by atoms with van der Waals surface area (Å²) in [6, 6.07) is 14.7. The molecule has 3 N–H and O–H groups in total. The van der Waals surface area contributed by atoms with E-state index in [0.717, 1.165) is 34.8 Å². The Labute approximate surface area is 172 Å². The second-order valence-corrected chi connectivity index (χ2v) is 7.55. The van der Waals surface area contributed by atoms with Crippen molar-refractivity contribution < 1.29 is 4.79 Å². The molecular weight excluding hydrogens is 378 g/mol. The molecule has 0 spiro atoms. The first-order valence-electron chi connectivity index (χ1n) is 9.98. The Morgan fingerprint density at radius 3 is 2.73 bits per heavy atom. The summed E-state index contributed by atoms with van der Waals surface area (Å²) in [7, 11) is 0. The van der Waals surface area contributed by atoms with Crippen molar-refractivity contribution >= 4 is 22.9 Å². The van der Waals surface area contributed by atoms with Gasteiger partial charge in [0.25, 0.3) is 5.91 Å². The summed E-state index contributed by atoms with van der Waals surface area (Å²) in [6.45, 7) is 0.760. The van der Waals surface area contributed by atoms with Gasteiger partial charge in [-0.15, -0.1) is 0 Å². The standard InChI is InChI=1S/C23H21N5O2/c29-21-13-17(9-10-24-21)20-8-7-19(22-25-11-12-28(20)22)27-18-5-3-16(4-6-18)23(30)26-14-15-1-2-15/h3-13,15,27H,1-2,14H2,(H,24,29)(H,26,30). The number of aromatic amines is 1. The van der Waals surface area contributed by atoms with Gasteiger partial charge in [0.2, 0.25) is 5.56 Å². The zero-order chi connectivity index (χ0) is 20.5. The average molecular weight is 399 g/mol. The number of pyridine rings is 2. The largest absolute Gasteiger partial charge is 0.352 e. The molecule has 0 bridgehead atoms. The second-order valence-electron chi connectivity index (χ2n) is 7.55. The molecular formula is C23H21N5O2. The smallest absolute Gasteiger partial charge is 0.251 e. The summed E-state index contributed by atoms with van der Waals surface area (Å²) < 4.78 is 1.94. The average Bonchev–Trinajstić information content (AvgIpc) is 3.46. The Balaban J connectivity index is 1.38. The van der Waals surface area contributed by atoms with Crippen LogP contribution in [-0.4, -0.2) is 26.8 Å². The first-order valence-corrected chi connectivity index (χ1v) is 9.98. The normalized spacial score (nSPS) is 13.3. The molecule has 1 aliphatic carbocycles. The molecule has 1 fully saturated rings. The lowest BCUT2D eigenvalue weighted by Crippen LogP contribution is -2.25. The number of hydrogen-bond acceptors (Lipinski definition) is 4. The number of hydrogen-bond donors (Lipinski definition) is 3. The maximum atomic E-state index is 12.2. The Morgan fingerprint density at radius 2 is 1.97 bits per heavy atom. The lowest BCUT2D eigenvalue weighted by molar-refractivity contribution is 0.0952. The van der Waals surface area contributed by atoms with Crippen LogP contribution in [0.15, 0.2) is 71.9 Å². The first-order chi connectivity index (χ1) is 14.7. The van der Waals surface area contributed by atoms with Crippen LogP contribution in [0.2, 0.25) is 0 Å². The maximum absolute atomic E-state index is 12.2. The molecule has 0 aliphatic heterocycles. The molecule has 4 aromatic rings. The highest BCUT2D eigenvalue weighted by Crippen LogP contribution is 2.28. The predicted octanol–water partition coefficient (Wildman–Crippen LogP) is 3.57. The molecule has 1 aliphatic rings. The van der Waals surface area contributed by atoms with Gasteiger partial charge in [-0.2, -0.15) is 0 Å². The van der Waals surface area contributed by atoms with Gasteiger partial charge in [-0.25, -0.2) is 4.98 Å². The molecule has 150 valence electrons. The molecule has 1 amide bonds. The van der Waals surface area contributed by atoms with Crippen LogP contribution in [0, 0.1) is 5.92 Å². The van der Waals surface area contributed by atoms with Crippen LogP contribution >= 0.6 is 0 Å². The van der Waals surface area contributed by atoms with Crippen LogP contribution < -0.4 is 16.2 Å². The SMILES string of the molecule is O=C(NCC1CC1)c1ccc(Nc2ccc(-c3cc[nH]c(=O)c3)n3ccnc23)cc1. The van der Waals surface area contributed by atoms with Gasteiger partial charge >= 0.3 is 0 Å². The molecule has 0 atom stereocenters. The van der Waals surface area contributed by atoms with E-state index in [2.05, 4.69) is 20.6 Å². The van der Waals surface area contributed by atoms with E-state index in [-0.39, 0.29) is 11.5 Å². The van der Waals surface area contributed by atoms with Gasteiger partial charge < -0.3 is 15.6 Å². The highest BCUT2D eigenvalue weighted by molar-refractivity contribution is 5.94. The number of nitrogens with zero attached hydrogens (tertiary/aromatic N) is 2. The zero-order valence-electron chi connectivity index (χ0n) is 16.3. The molecule has 7 heteroatoms. The summed E-state index contributed by atoms with van der Waals surface area (Å²) in [5.41, 5.74) is 4.64. The van der Waals surface area contributed by atoms with Crippen molar-refractivity contribution in [2.45, 2.75) is 12.8 Å². The Kier molecular flexibility index (Phi) is 4.55. The van der Waals surface area contributed by atoms with E-state index in [1.165, 1.54) is 12.8 Å². The van der Waals surface area contributed by atoms with Crippen molar-refractivity contribution in [3.8, 4) is 11.3 Å². The van der Waals surface area contributed by atoms with Gasteiger partial charge in [0, 0.05) is 48.0 Å². The molecule has 30 heavy (non-hydrogen) atoms. The van der Waals surface area contributed by atoms with Crippen molar-refractivity contribution in [1.29, 1.82) is 0 Å². The summed E-state index contributed by atoms with van der Waals surface area (Å²) in [4.78, 5) is 31.0. The van der Waals surface area contributed by atoms with Gasteiger partial charge in [0.05, 0.1) is 11.4 Å². The highest BCUT2D eigenvalue weighted by Gasteiger charge is 2.21. The highest BCUT2D eigenvalue weighted by atomic mass is 16.1. The number of benzene rings is 1. The van der Waals surface area contributed by atoms with Crippen molar-refractivity contribution in [1.82, 2.24) is 19.7 Å². The summed E-state index contributed by atoms with van der Waals surface area (Å²) in [5.74, 6) is 0.621. The molecule has 0 unspecified atom stereocenters. The summed E-state index contributed by atoms with van der Waals surface area (Å²) in [5, 5.41) is 6.35. The van der Waals surface area contributed by atoms with Crippen molar-refractivity contribution in [3.05, 3.63) is 83.0 Å². The molecule has 0 radical (unpaired) electrons. The number of fused-ring (bicyclic) bond motifs is 1. The number of carbonyl (C=O) groups excluding carboxylic acids is 1. The quantitative estimate of drug-likeness (QED) is 0.462. The van der Waals surface area contributed by atoms with E-state index in [1.807, 2.05) is 53.1 Å². The van der Waals surface area contributed by atoms with Crippen LogP contribution in [0.4, 0.5) is 11.4 Å². The molecule has 3 aromatic heterocycles.